The van der Waals surface area contributed by atoms with Gasteiger partial charge in [0.1, 0.15) is 11.8 Å². The number of hydrogen-bond acceptors (Lipinski definition) is 2. The Balaban J connectivity index is 2.09. The second-order valence-electron chi connectivity index (χ2n) is 4.84. The number of hydrogen-bond donors (Lipinski definition) is 0. The van der Waals surface area contributed by atoms with Crippen molar-refractivity contribution in [3.8, 4) is 11.8 Å². The molecule has 1 aromatic carbocycles. The van der Waals surface area contributed by atoms with Crippen LogP contribution in [0.2, 0.25) is 0 Å². The zero-order valence-corrected chi connectivity index (χ0v) is 10.4. The number of benzene rings is 1. The van der Waals surface area contributed by atoms with Crippen molar-refractivity contribution in [2.45, 2.75) is 51.6 Å². The molecule has 17 heavy (non-hydrogen) atoms. The third-order valence-electron chi connectivity index (χ3n) is 3.35. The molecule has 0 aliphatic heterocycles. The van der Waals surface area contributed by atoms with Crippen molar-refractivity contribution >= 4 is 0 Å². The maximum atomic E-state index is 9.10. The Kier molecular flexibility index (Phi) is 4.03. The summed E-state index contributed by atoms with van der Waals surface area (Å²) in [5.74, 6) is 0.755. The molecule has 0 unspecified atom stereocenters. The average Bonchev–Trinajstić information content (AvgIpc) is 2.60. The van der Waals surface area contributed by atoms with E-state index < -0.39 is 0 Å². The van der Waals surface area contributed by atoms with E-state index in [1.165, 1.54) is 25.7 Å². The Morgan fingerprint density at radius 1 is 1.18 bits per heavy atom. The first-order valence-electron chi connectivity index (χ1n) is 6.47. The van der Waals surface area contributed by atoms with Crippen LogP contribution in [0.25, 0.3) is 0 Å². The summed E-state index contributed by atoms with van der Waals surface area (Å²) in [5, 5.41) is 9.10. The number of nitrogens with zero attached hydrogens (tertiary/aromatic N) is 1. The van der Waals surface area contributed by atoms with Gasteiger partial charge in [0.15, 0.2) is 0 Å². The van der Waals surface area contributed by atoms with Gasteiger partial charge in [-0.05, 0) is 50.3 Å². The van der Waals surface area contributed by atoms with Gasteiger partial charge in [-0.25, -0.2) is 0 Å². The summed E-state index contributed by atoms with van der Waals surface area (Å²) in [7, 11) is 0. The molecular weight excluding hydrogens is 210 g/mol. The highest BCUT2D eigenvalue weighted by molar-refractivity contribution is 5.45. The second-order valence-corrected chi connectivity index (χ2v) is 4.84. The largest absolute Gasteiger partial charge is 0.489 e. The van der Waals surface area contributed by atoms with Crippen molar-refractivity contribution < 1.29 is 4.74 Å². The lowest BCUT2D eigenvalue weighted by Gasteiger charge is -2.17. The van der Waals surface area contributed by atoms with E-state index in [1.807, 2.05) is 25.1 Å². The molecular formula is C15H19NO. The van der Waals surface area contributed by atoms with Gasteiger partial charge in [0, 0.05) is 0 Å². The molecule has 90 valence electrons. The molecule has 1 saturated carbocycles. The average molecular weight is 229 g/mol. The van der Waals surface area contributed by atoms with Crippen LogP contribution in [-0.2, 0) is 0 Å². The fourth-order valence-corrected chi connectivity index (χ4v) is 2.37. The molecule has 0 atom stereocenters. The summed E-state index contributed by atoms with van der Waals surface area (Å²) in [6.45, 7) is 2.00. The van der Waals surface area contributed by atoms with Gasteiger partial charge < -0.3 is 4.74 Å². The van der Waals surface area contributed by atoms with E-state index >= 15 is 0 Å². The molecule has 1 aliphatic rings. The lowest BCUT2D eigenvalue weighted by atomic mass is 10.1. The van der Waals surface area contributed by atoms with Crippen LogP contribution in [0.5, 0.6) is 5.75 Å². The van der Waals surface area contributed by atoms with E-state index in [2.05, 4.69) is 6.07 Å². The third kappa shape index (κ3) is 3.23. The number of aryl methyl sites for hydroxylation is 1. The maximum Gasteiger partial charge on any atom is 0.137 e. The number of ether oxygens (including phenoxy) is 1. The summed E-state index contributed by atoms with van der Waals surface area (Å²) in [6, 6.07) is 8.05. The van der Waals surface area contributed by atoms with E-state index in [9.17, 15) is 0 Å². The standard InChI is InChI=1S/C15H19NO/c1-12-8-9-15(13(10-12)11-16)17-14-6-4-2-3-5-7-14/h8-10,14H,2-7H2,1H3. The number of rotatable bonds is 2. The van der Waals surface area contributed by atoms with Crippen molar-refractivity contribution in [2.75, 3.05) is 0 Å². The van der Waals surface area contributed by atoms with Gasteiger partial charge >= 0.3 is 0 Å². The Morgan fingerprint density at radius 3 is 2.53 bits per heavy atom. The van der Waals surface area contributed by atoms with Crippen molar-refractivity contribution in [2.24, 2.45) is 0 Å². The fraction of sp³-hybridized carbons (Fsp3) is 0.533. The van der Waals surface area contributed by atoms with Gasteiger partial charge in [-0.2, -0.15) is 5.26 Å². The summed E-state index contributed by atoms with van der Waals surface area (Å²) in [5.41, 5.74) is 1.77. The summed E-state index contributed by atoms with van der Waals surface area (Å²) < 4.78 is 5.99. The first-order valence-corrected chi connectivity index (χ1v) is 6.47. The van der Waals surface area contributed by atoms with Gasteiger partial charge in [-0.15, -0.1) is 0 Å². The molecule has 0 amide bonds. The van der Waals surface area contributed by atoms with E-state index in [-0.39, 0.29) is 0 Å². The van der Waals surface area contributed by atoms with Gasteiger partial charge in [-0.1, -0.05) is 18.9 Å². The van der Waals surface area contributed by atoms with E-state index in [0.29, 0.717) is 11.7 Å². The second kappa shape index (κ2) is 5.72. The molecule has 0 saturated heterocycles. The predicted molar refractivity (Wildman–Crippen MR) is 68.0 cm³/mol. The first-order chi connectivity index (χ1) is 8.29. The van der Waals surface area contributed by atoms with Gasteiger partial charge in [0.2, 0.25) is 0 Å². The summed E-state index contributed by atoms with van der Waals surface area (Å²) >= 11 is 0. The molecule has 0 heterocycles. The van der Waals surface area contributed by atoms with Gasteiger partial charge in [-0.3, -0.25) is 0 Å². The van der Waals surface area contributed by atoms with E-state index in [0.717, 1.165) is 24.2 Å². The molecule has 2 rings (SSSR count). The lowest BCUT2D eigenvalue weighted by molar-refractivity contribution is 0.183. The zero-order chi connectivity index (χ0) is 12.1. The molecule has 2 nitrogen and oxygen atoms in total. The fourth-order valence-electron chi connectivity index (χ4n) is 2.37. The normalized spacial score (nSPS) is 17.2. The van der Waals surface area contributed by atoms with E-state index in [4.69, 9.17) is 10.00 Å². The van der Waals surface area contributed by atoms with Crippen molar-refractivity contribution in [1.82, 2.24) is 0 Å². The molecule has 2 heteroatoms. The SMILES string of the molecule is Cc1ccc(OC2CCCCCC2)c(C#N)c1. The minimum absolute atomic E-state index is 0.298. The van der Waals surface area contributed by atoms with E-state index in [1.54, 1.807) is 0 Å². The first kappa shape index (κ1) is 12.0. The van der Waals surface area contributed by atoms with Crippen molar-refractivity contribution in [3.63, 3.8) is 0 Å². The third-order valence-corrected chi connectivity index (χ3v) is 3.35. The van der Waals surface area contributed by atoms with Crippen LogP contribution < -0.4 is 4.74 Å². The topological polar surface area (TPSA) is 33.0 Å². The van der Waals surface area contributed by atoms with Gasteiger partial charge in [0.25, 0.3) is 0 Å². The maximum absolute atomic E-state index is 9.10. The van der Waals surface area contributed by atoms with Gasteiger partial charge in [0.05, 0.1) is 11.7 Å². The quantitative estimate of drug-likeness (QED) is 0.719. The van der Waals surface area contributed by atoms with Crippen LogP contribution in [0.4, 0.5) is 0 Å². The Bertz CT molecular complexity index is 411. The number of nitriles is 1. The highest BCUT2D eigenvalue weighted by Crippen LogP contribution is 2.25. The minimum Gasteiger partial charge on any atom is -0.489 e. The molecule has 1 fully saturated rings. The Hall–Kier alpha value is -1.49. The molecule has 1 aliphatic carbocycles. The molecule has 0 spiro atoms. The van der Waals surface area contributed by atoms with Crippen molar-refractivity contribution in [3.05, 3.63) is 29.3 Å². The molecule has 0 radical (unpaired) electrons. The van der Waals surface area contributed by atoms with Crippen LogP contribution >= 0.6 is 0 Å². The molecule has 1 aromatic rings. The summed E-state index contributed by atoms with van der Waals surface area (Å²) in [6.07, 6.45) is 7.68. The molecule has 0 aromatic heterocycles. The molecule has 0 N–H and O–H groups in total. The Labute approximate surface area is 103 Å². The highest BCUT2D eigenvalue weighted by Gasteiger charge is 2.15. The monoisotopic (exact) mass is 229 g/mol. The molecule has 0 bridgehead atoms. The minimum atomic E-state index is 0.298. The Morgan fingerprint density at radius 2 is 1.88 bits per heavy atom. The van der Waals surface area contributed by atoms with Crippen LogP contribution in [0.15, 0.2) is 18.2 Å². The highest BCUT2D eigenvalue weighted by atomic mass is 16.5. The summed E-state index contributed by atoms with van der Waals surface area (Å²) in [4.78, 5) is 0. The van der Waals surface area contributed by atoms with Crippen molar-refractivity contribution in [1.29, 1.82) is 5.26 Å². The van der Waals surface area contributed by atoms with Crippen LogP contribution in [-0.4, -0.2) is 6.10 Å². The predicted octanol–water partition coefficient (Wildman–Crippen LogP) is 3.97. The van der Waals surface area contributed by atoms with Crippen LogP contribution in [0.1, 0.15) is 49.7 Å². The lowest BCUT2D eigenvalue weighted by Crippen LogP contribution is -2.15. The zero-order valence-electron chi connectivity index (χ0n) is 10.4. The van der Waals surface area contributed by atoms with Crippen LogP contribution in [0, 0.1) is 18.3 Å². The van der Waals surface area contributed by atoms with Crippen LogP contribution in [0.3, 0.4) is 0 Å². The smallest absolute Gasteiger partial charge is 0.137 e.